The van der Waals surface area contributed by atoms with Crippen LogP contribution in [0.15, 0.2) is 0 Å². The summed E-state index contributed by atoms with van der Waals surface area (Å²) in [5.74, 6) is 5.61. The molecule has 0 bridgehead atoms. The van der Waals surface area contributed by atoms with E-state index in [-0.39, 0.29) is 6.10 Å². The maximum absolute atomic E-state index is 10.1. The average Bonchev–Trinajstić information content (AvgIpc) is 2.92. The van der Waals surface area contributed by atoms with Crippen LogP contribution in [0.3, 0.4) is 0 Å². The van der Waals surface area contributed by atoms with Crippen molar-refractivity contribution in [1.82, 2.24) is 0 Å². The van der Waals surface area contributed by atoms with Crippen LogP contribution in [0, 0.1) is 41.4 Å². The van der Waals surface area contributed by atoms with Crippen molar-refractivity contribution < 1.29 is 10.2 Å². The maximum Gasteiger partial charge on any atom is 0.0543 e. The van der Waals surface area contributed by atoms with Gasteiger partial charge < -0.3 is 10.2 Å². The number of fused-ring (bicyclic) bond motifs is 3. The van der Waals surface area contributed by atoms with Gasteiger partial charge in [0.1, 0.15) is 0 Å². The van der Waals surface area contributed by atoms with E-state index in [4.69, 9.17) is 0 Å². The highest BCUT2D eigenvalue weighted by Crippen LogP contribution is 2.58. The summed E-state index contributed by atoms with van der Waals surface area (Å²) >= 11 is 0. The van der Waals surface area contributed by atoms with Crippen molar-refractivity contribution in [2.75, 3.05) is 6.61 Å². The van der Waals surface area contributed by atoms with Gasteiger partial charge in [0.25, 0.3) is 0 Å². The Hall–Kier alpha value is -0.0800. The molecule has 3 fully saturated rings. The highest BCUT2D eigenvalue weighted by atomic mass is 16.3. The molecule has 0 aliphatic heterocycles. The molecule has 21 heavy (non-hydrogen) atoms. The van der Waals surface area contributed by atoms with E-state index in [2.05, 4.69) is 6.92 Å². The summed E-state index contributed by atoms with van der Waals surface area (Å²) < 4.78 is 0. The molecule has 0 saturated heterocycles. The molecule has 0 amide bonds. The molecule has 2 nitrogen and oxygen atoms in total. The summed E-state index contributed by atoms with van der Waals surface area (Å²) in [6, 6.07) is 0. The summed E-state index contributed by atoms with van der Waals surface area (Å²) in [5, 5.41) is 19.6. The number of aliphatic hydroxyl groups excluding tert-OH is 2. The van der Waals surface area contributed by atoms with Crippen molar-refractivity contribution in [3.8, 4) is 0 Å². The Bertz CT molecular complexity index is 340. The van der Waals surface area contributed by atoms with Gasteiger partial charge in [-0.25, -0.2) is 0 Å². The van der Waals surface area contributed by atoms with E-state index in [0.29, 0.717) is 12.5 Å². The second-order valence-corrected chi connectivity index (χ2v) is 8.14. The molecule has 0 heterocycles. The Balaban J connectivity index is 1.75. The van der Waals surface area contributed by atoms with E-state index < -0.39 is 0 Å². The lowest BCUT2D eigenvalue weighted by Crippen LogP contribution is -2.44. The SMILES string of the molecule is CCC1CCC2C(CCC3C(C(C)O)CCC32)C1CCO. The van der Waals surface area contributed by atoms with Gasteiger partial charge in [-0.3, -0.25) is 0 Å². The summed E-state index contributed by atoms with van der Waals surface area (Å²) in [6.45, 7) is 4.70. The zero-order chi connectivity index (χ0) is 15.0. The van der Waals surface area contributed by atoms with Crippen LogP contribution in [0.25, 0.3) is 0 Å². The van der Waals surface area contributed by atoms with Crippen LogP contribution < -0.4 is 0 Å². The molecular formula is C19H34O2. The van der Waals surface area contributed by atoms with Gasteiger partial charge in [0, 0.05) is 6.61 Å². The summed E-state index contributed by atoms with van der Waals surface area (Å²) in [7, 11) is 0. The van der Waals surface area contributed by atoms with Gasteiger partial charge in [0.15, 0.2) is 0 Å². The quantitative estimate of drug-likeness (QED) is 0.826. The minimum atomic E-state index is -0.114. The lowest BCUT2D eigenvalue weighted by atomic mass is 9.55. The van der Waals surface area contributed by atoms with Crippen LogP contribution >= 0.6 is 0 Å². The first-order valence-electron chi connectivity index (χ1n) is 9.46. The Kier molecular flexibility index (Phi) is 4.95. The Morgan fingerprint density at radius 1 is 0.905 bits per heavy atom. The Morgan fingerprint density at radius 2 is 1.52 bits per heavy atom. The molecule has 0 aromatic rings. The number of aliphatic hydroxyl groups is 2. The molecule has 8 unspecified atom stereocenters. The van der Waals surface area contributed by atoms with Gasteiger partial charge in [-0.15, -0.1) is 0 Å². The van der Waals surface area contributed by atoms with Gasteiger partial charge in [-0.2, -0.15) is 0 Å². The lowest BCUT2D eigenvalue weighted by Gasteiger charge is -2.51. The highest BCUT2D eigenvalue weighted by Gasteiger charge is 2.50. The van der Waals surface area contributed by atoms with Gasteiger partial charge >= 0.3 is 0 Å². The standard InChI is InChI=1S/C19H34O2/c1-3-13-4-5-18-17(15(13)10-11-20)9-8-16-14(12(2)21)6-7-19(16)18/h12-21H,3-11H2,1-2H3. The molecule has 8 atom stereocenters. The highest BCUT2D eigenvalue weighted by molar-refractivity contribution is 5.00. The minimum Gasteiger partial charge on any atom is -0.396 e. The van der Waals surface area contributed by atoms with E-state index in [0.717, 1.165) is 41.9 Å². The fourth-order valence-corrected chi connectivity index (χ4v) is 6.64. The molecule has 0 aromatic carbocycles. The van der Waals surface area contributed by atoms with Gasteiger partial charge in [-0.1, -0.05) is 13.3 Å². The van der Waals surface area contributed by atoms with E-state index in [9.17, 15) is 10.2 Å². The smallest absolute Gasteiger partial charge is 0.0543 e. The fourth-order valence-electron chi connectivity index (χ4n) is 6.64. The third kappa shape index (κ3) is 2.79. The number of hydrogen-bond donors (Lipinski definition) is 2. The van der Waals surface area contributed by atoms with Crippen LogP contribution in [0.5, 0.6) is 0 Å². The molecule has 3 aliphatic rings. The molecule has 3 rings (SSSR count). The molecule has 3 saturated carbocycles. The molecule has 122 valence electrons. The van der Waals surface area contributed by atoms with Gasteiger partial charge in [0.05, 0.1) is 6.10 Å². The first-order valence-corrected chi connectivity index (χ1v) is 9.46. The van der Waals surface area contributed by atoms with Crippen LogP contribution in [0.1, 0.15) is 65.2 Å². The second-order valence-electron chi connectivity index (χ2n) is 8.14. The maximum atomic E-state index is 10.1. The van der Waals surface area contributed by atoms with Crippen molar-refractivity contribution in [2.24, 2.45) is 41.4 Å². The number of rotatable bonds is 4. The van der Waals surface area contributed by atoms with E-state index in [1.165, 1.54) is 44.9 Å². The largest absolute Gasteiger partial charge is 0.396 e. The average molecular weight is 294 g/mol. The van der Waals surface area contributed by atoms with Crippen molar-refractivity contribution in [3.05, 3.63) is 0 Å². The molecular weight excluding hydrogens is 260 g/mol. The monoisotopic (exact) mass is 294 g/mol. The number of hydrogen-bond acceptors (Lipinski definition) is 2. The van der Waals surface area contributed by atoms with Crippen LogP contribution in [-0.2, 0) is 0 Å². The Morgan fingerprint density at radius 3 is 2.19 bits per heavy atom. The first kappa shape index (κ1) is 15.8. The van der Waals surface area contributed by atoms with E-state index in [1.807, 2.05) is 6.92 Å². The third-order valence-corrected chi connectivity index (χ3v) is 7.50. The fraction of sp³-hybridized carbons (Fsp3) is 1.00. The van der Waals surface area contributed by atoms with Crippen LogP contribution in [-0.4, -0.2) is 22.9 Å². The van der Waals surface area contributed by atoms with Crippen molar-refractivity contribution in [2.45, 2.75) is 71.3 Å². The zero-order valence-electron chi connectivity index (χ0n) is 13.9. The molecule has 3 aliphatic carbocycles. The molecule has 0 spiro atoms. The minimum absolute atomic E-state index is 0.114. The van der Waals surface area contributed by atoms with Gasteiger partial charge in [0.2, 0.25) is 0 Å². The zero-order valence-corrected chi connectivity index (χ0v) is 13.9. The van der Waals surface area contributed by atoms with Crippen LogP contribution in [0.4, 0.5) is 0 Å². The van der Waals surface area contributed by atoms with E-state index >= 15 is 0 Å². The molecule has 2 heteroatoms. The predicted molar refractivity (Wildman–Crippen MR) is 85.8 cm³/mol. The normalized spacial score (nSPS) is 47.7. The second kappa shape index (κ2) is 6.58. The van der Waals surface area contributed by atoms with E-state index in [1.54, 1.807) is 0 Å². The summed E-state index contributed by atoms with van der Waals surface area (Å²) in [4.78, 5) is 0. The van der Waals surface area contributed by atoms with Crippen molar-refractivity contribution >= 4 is 0 Å². The topological polar surface area (TPSA) is 40.5 Å². The predicted octanol–water partition coefficient (Wildman–Crippen LogP) is 3.85. The lowest BCUT2D eigenvalue weighted by molar-refractivity contribution is -0.0290. The molecule has 2 N–H and O–H groups in total. The molecule has 0 aromatic heterocycles. The summed E-state index contributed by atoms with van der Waals surface area (Å²) in [6.07, 6.45) is 10.3. The summed E-state index contributed by atoms with van der Waals surface area (Å²) in [5.41, 5.74) is 0. The van der Waals surface area contributed by atoms with Crippen molar-refractivity contribution in [3.63, 3.8) is 0 Å². The van der Waals surface area contributed by atoms with Crippen LogP contribution in [0.2, 0.25) is 0 Å². The van der Waals surface area contributed by atoms with Crippen molar-refractivity contribution in [1.29, 1.82) is 0 Å². The van der Waals surface area contributed by atoms with Gasteiger partial charge in [-0.05, 0) is 93.3 Å². The first-order chi connectivity index (χ1) is 10.2. The third-order valence-electron chi connectivity index (χ3n) is 7.50. The Labute approximate surface area is 130 Å². The molecule has 0 radical (unpaired) electrons.